The van der Waals surface area contributed by atoms with Gasteiger partial charge in [0.2, 0.25) is 0 Å². The Labute approximate surface area is 410 Å². The van der Waals surface area contributed by atoms with Crippen LogP contribution in [0.3, 0.4) is 0 Å². The van der Waals surface area contributed by atoms with Crippen LogP contribution in [0.2, 0.25) is 0 Å². The SMILES string of the molecule is c1cncc(-c2cccc(-c3nc(-c4ccc5ccc6c(-c7nc(-c8cccc(-c9cccnc9)c8)nc(-c8cccc9nccnc89)n7)ccc7ccc4c5c76)nc(-c4cccc5nccnc45)n3)c2)c1. The number of benzene rings is 8. The molecule has 0 aliphatic carbocycles. The monoisotopic (exact) mass is 922 g/mol. The third-order valence-electron chi connectivity index (χ3n) is 13.1. The van der Waals surface area contributed by atoms with E-state index in [9.17, 15) is 0 Å². The molecule has 0 amide bonds. The highest BCUT2D eigenvalue weighted by Gasteiger charge is 2.22. The number of nitrogens with zero attached hydrogens (tertiary/aromatic N) is 12. The lowest BCUT2D eigenvalue weighted by Gasteiger charge is -2.17. The van der Waals surface area contributed by atoms with Crippen LogP contribution in [0.4, 0.5) is 0 Å². The van der Waals surface area contributed by atoms with Crippen molar-refractivity contribution in [1.82, 2.24) is 59.8 Å². The van der Waals surface area contributed by atoms with Gasteiger partial charge in [0.1, 0.15) is 0 Å². The summed E-state index contributed by atoms with van der Waals surface area (Å²) in [6.45, 7) is 0. The summed E-state index contributed by atoms with van der Waals surface area (Å²) in [5, 5.41) is 6.28. The van der Waals surface area contributed by atoms with E-state index in [1.165, 1.54) is 0 Å². The van der Waals surface area contributed by atoms with Crippen LogP contribution < -0.4 is 0 Å². The molecule has 0 aliphatic rings. The van der Waals surface area contributed by atoms with Crippen molar-refractivity contribution in [3.05, 3.63) is 207 Å². The molecule has 12 nitrogen and oxygen atoms in total. The van der Waals surface area contributed by atoms with Gasteiger partial charge in [0.15, 0.2) is 34.9 Å². The van der Waals surface area contributed by atoms with E-state index >= 15 is 0 Å². The first-order valence-electron chi connectivity index (χ1n) is 23.3. The van der Waals surface area contributed by atoms with Crippen LogP contribution in [0.1, 0.15) is 0 Å². The van der Waals surface area contributed by atoms with Gasteiger partial charge in [-0.2, -0.15) is 0 Å². The van der Waals surface area contributed by atoms with Gasteiger partial charge in [-0.05, 0) is 104 Å². The highest BCUT2D eigenvalue weighted by atomic mass is 15.0. The summed E-state index contributed by atoms with van der Waals surface area (Å²) < 4.78 is 0. The summed E-state index contributed by atoms with van der Waals surface area (Å²) in [5.41, 5.74) is 11.8. The molecular formula is C60H34N12. The fourth-order valence-electron chi connectivity index (χ4n) is 9.77. The molecule has 14 aromatic rings. The average molecular weight is 923 g/mol. The number of para-hydroxylation sites is 2. The number of aromatic nitrogens is 12. The Balaban J connectivity index is 0.974. The van der Waals surface area contributed by atoms with Crippen LogP contribution in [0, 0.1) is 0 Å². The molecule has 0 radical (unpaired) electrons. The quantitative estimate of drug-likeness (QED) is 0.133. The van der Waals surface area contributed by atoms with E-state index in [4.69, 9.17) is 39.9 Å². The summed E-state index contributed by atoms with van der Waals surface area (Å²) in [6, 6.07) is 53.3. The van der Waals surface area contributed by atoms with E-state index in [0.29, 0.717) is 46.0 Å². The van der Waals surface area contributed by atoms with Crippen LogP contribution in [0.15, 0.2) is 207 Å². The van der Waals surface area contributed by atoms with Gasteiger partial charge in [0, 0.05) is 94.1 Å². The first-order valence-corrected chi connectivity index (χ1v) is 23.3. The van der Waals surface area contributed by atoms with E-state index < -0.39 is 0 Å². The molecule has 0 N–H and O–H groups in total. The number of fused-ring (bicyclic) bond motifs is 2. The molecule has 6 heterocycles. The second-order valence-corrected chi connectivity index (χ2v) is 17.4. The molecule has 0 fully saturated rings. The number of rotatable bonds is 8. The third kappa shape index (κ3) is 7.01. The summed E-state index contributed by atoms with van der Waals surface area (Å²) in [6.07, 6.45) is 14.0. The lowest BCUT2D eigenvalue weighted by molar-refractivity contribution is 1.08. The second-order valence-electron chi connectivity index (χ2n) is 17.4. The van der Waals surface area contributed by atoms with Crippen LogP contribution >= 0.6 is 0 Å². The Bertz CT molecular complexity index is 4120. The van der Waals surface area contributed by atoms with Crippen molar-refractivity contribution in [2.24, 2.45) is 0 Å². The van der Waals surface area contributed by atoms with Gasteiger partial charge in [0.25, 0.3) is 0 Å². The van der Waals surface area contributed by atoms with Crippen LogP contribution in [0.5, 0.6) is 0 Å². The van der Waals surface area contributed by atoms with Crippen molar-refractivity contribution >= 4 is 54.4 Å². The minimum absolute atomic E-state index is 0.491. The van der Waals surface area contributed by atoms with Crippen molar-refractivity contribution in [1.29, 1.82) is 0 Å². The molecule has 72 heavy (non-hydrogen) atoms. The van der Waals surface area contributed by atoms with Crippen molar-refractivity contribution in [2.75, 3.05) is 0 Å². The summed E-state index contributed by atoms with van der Waals surface area (Å²) in [4.78, 5) is 58.8. The minimum atomic E-state index is 0.491. The lowest BCUT2D eigenvalue weighted by Crippen LogP contribution is -2.02. The normalized spacial score (nSPS) is 11.6. The van der Waals surface area contributed by atoms with Gasteiger partial charge in [-0.3, -0.25) is 29.9 Å². The molecule has 0 saturated heterocycles. The van der Waals surface area contributed by atoms with Crippen molar-refractivity contribution < 1.29 is 0 Å². The zero-order valence-corrected chi connectivity index (χ0v) is 38.0. The van der Waals surface area contributed by atoms with Crippen LogP contribution in [-0.2, 0) is 0 Å². The Kier molecular flexibility index (Phi) is 9.52. The van der Waals surface area contributed by atoms with Gasteiger partial charge in [0.05, 0.1) is 22.1 Å². The molecule has 0 unspecified atom stereocenters. The molecule has 8 aromatic carbocycles. The Hall–Kier alpha value is -10.2. The zero-order valence-electron chi connectivity index (χ0n) is 38.0. The molecule has 0 spiro atoms. The van der Waals surface area contributed by atoms with Gasteiger partial charge >= 0.3 is 0 Å². The highest BCUT2D eigenvalue weighted by molar-refractivity contribution is 6.27. The molecule has 0 saturated carbocycles. The van der Waals surface area contributed by atoms with Gasteiger partial charge in [-0.15, -0.1) is 0 Å². The van der Waals surface area contributed by atoms with E-state index in [1.54, 1.807) is 37.2 Å². The topological polar surface area (TPSA) is 155 Å². The van der Waals surface area contributed by atoms with E-state index in [1.807, 2.05) is 97.3 Å². The first kappa shape index (κ1) is 40.8. The molecule has 0 atom stereocenters. The zero-order chi connectivity index (χ0) is 47.5. The van der Waals surface area contributed by atoms with Gasteiger partial charge in [-0.25, -0.2) is 29.9 Å². The largest absolute Gasteiger partial charge is 0.264 e. The Morgan fingerprint density at radius 3 is 1.11 bits per heavy atom. The van der Waals surface area contributed by atoms with Crippen LogP contribution in [-0.4, -0.2) is 59.8 Å². The number of hydrogen-bond acceptors (Lipinski definition) is 12. The maximum Gasteiger partial charge on any atom is 0.166 e. The molecule has 12 heteroatoms. The van der Waals surface area contributed by atoms with Crippen LogP contribution in [0.25, 0.3) is 145 Å². The third-order valence-corrected chi connectivity index (χ3v) is 13.1. The maximum atomic E-state index is 5.27. The maximum absolute atomic E-state index is 5.27. The summed E-state index contributed by atoms with van der Waals surface area (Å²) in [7, 11) is 0. The molecular weight excluding hydrogens is 889 g/mol. The second kappa shape index (κ2) is 16.8. The smallest absolute Gasteiger partial charge is 0.166 e. The van der Waals surface area contributed by atoms with Gasteiger partial charge < -0.3 is 0 Å². The lowest BCUT2D eigenvalue weighted by atomic mass is 9.89. The Morgan fingerprint density at radius 1 is 0.264 bits per heavy atom. The standard InChI is InChI=1S/C60H34N12/c1-7-37(41-11-5-25-61-33-41)31-39(9-1)55-67-57(71-59(69-55)47-13-3-15-49-53(47)65-29-27-63-49)45-23-19-35-18-22-44-46(24-20-36-17-21-43(45)51(35)52(36)44)58-68-56(40-10-2-8-38(32-40)42-12-6-26-62-34-42)70-60(72-58)48-14-4-16-50-54(48)66-30-28-64-50/h1-34H. The van der Waals surface area contributed by atoms with Crippen molar-refractivity contribution in [3.63, 3.8) is 0 Å². The van der Waals surface area contributed by atoms with E-state index in [0.717, 1.165) is 99.0 Å². The van der Waals surface area contributed by atoms with E-state index in [2.05, 4.69) is 92.7 Å². The number of hydrogen-bond donors (Lipinski definition) is 0. The molecule has 334 valence electrons. The Morgan fingerprint density at radius 2 is 0.653 bits per heavy atom. The average Bonchev–Trinajstić information content (AvgIpc) is 3.46. The molecule has 6 aromatic heterocycles. The van der Waals surface area contributed by atoms with Gasteiger partial charge in [-0.1, -0.05) is 97.1 Å². The fraction of sp³-hybridized carbons (Fsp3) is 0. The number of pyridine rings is 2. The first-order chi connectivity index (χ1) is 35.7. The van der Waals surface area contributed by atoms with Crippen molar-refractivity contribution in [2.45, 2.75) is 0 Å². The molecule has 0 aliphatic heterocycles. The molecule has 0 bridgehead atoms. The summed E-state index contributed by atoms with van der Waals surface area (Å²) >= 11 is 0. The highest BCUT2D eigenvalue weighted by Crippen LogP contribution is 2.43. The predicted molar refractivity (Wildman–Crippen MR) is 282 cm³/mol. The van der Waals surface area contributed by atoms with E-state index in [-0.39, 0.29) is 0 Å². The minimum Gasteiger partial charge on any atom is -0.264 e. The molecule has 14 rings (SSSR count). The predicted octanol–water partition coefficient (Wildman–Crippen LogP) is 13.0. The van der Waals surface area contributed by atoms with Crippen molar-refractivity contribution in [3.8, 4) is 90.6 Å². The summed E-state index contributed by atoms with van der Waals surface area (Å²) in [5.74, 6) is 3.09. The fourth-order valence-corrected chi connectivity index (χ4v) is 9.77.